The van der Waals surface area contributed by atoms with Gasteiger partial charge in [0.15, 0.2) is 0 Å². The largest absolute Gasteiger partial charge is 0.310 e. The van der Waals surface area contributed by atoms with E-state index in [1.807, 2.05) is 24.4 Å². The molecular formula is C17H20BrClN2. The minimum absolute atomic E-state index is 0.260. The fraction of sp³-hybridized carbons (Fsp3) is 0.353. The first-order valence-corrected chi connectivity index (χ1v) is 8.37. The molecule has 1 N–H and O–H groups in total. The molecule has 0 saturated carbocycles. The lowest BCUT2D eigenvalue weighted by molar-refractivity contribution is 0.522. The molecule has 1 heterocycles. The fourth-order valence-electron chi connectivity index (χ4n) is 2.38. The number of benzene rings is 1. The van der Waals surface area contributed by atoms with Gasteiger partial charge in [-0.15, -0.1) is 0 Å². The number of pyridine rings is 1. The van der Waals surface area contributed by atoms with E-state index >= 15 is 0 Å². The number of halogens is 2. The molecule has 1 atom stereocenters. The molecule has 0 amide bonds. The minimum atomic E-state index is 0.260. The Kier molecular flexibility index (Phi) is 6.22. The quantitative estimate of drug-likeness (QED) is 0.769. The van der Waals surface area contributed by atoms with E-state index in [-0.39, 0.29) is 6.04 Å². The van der Waals surface area contributed by atoms with Gasteiger partial charge in [-0.3, -0.25) is 4.98 Å². The highest BCUT2D eigenvalue weighted by Crippen LogP contribution is 2.24. The van der Waals surface area contributed by atoms with Gasteiger partial charge in [-0.25, -0.2) is 0 Å². The summed E-state index contributed by atoms with van der Waals surface area (Å²) in [4.78, 5) is 4.49. The smallest absolute Gasteiger partial charge is 0.0423 e. The van der Waals surface area contributed by atoms with Crippen LogP contribution < -0.4 is 5.32 Å². The first-order chi connectivity index (χ1) is 10.1. The molecule has 2 rings (SSSR count). The molecule has 0 aliphatic carbocycles. The van der Waals surface area contributed by atoms with Gasteiger partial charge < -0.3 is 5.32 Å². The van der Waals surface area contributed by atoms with Crippen LogP contribution in [0, 0.1) is 6.92 Å². The summed E-state index contributed by atoms with van der Waals surface area (Å²) in [6.45, 7) is 5.27. The Labute approximate surface area is 140 Å². The first-order valence-electron chi connectivity index (χ1n) is 7.20. The summed E-state index contributed by atoms with van der Waals surface area (Å²) in [5.41, 5.74) is 3.59. The summed E-state index contributed by atoms with van der Waals surface area (Å²) in [5.74, 6) is 0. The molecule has 2 nitrogen and oxygen atoms in total. The van der Waals surface area contributed by atoms with Gasteiger partial charge in [0.05, 0.1) is 0 Å². The monoisotopic (exact) mass is 366 g/mol. The van der Waals surface area contributed by atoms with Gasteiger partial charge in [-0.05, 0) is 71.2 Å². The van der Waals surface area contributed by atoms with Crippen LogP contribution >= 0.6 is 27.5 Å². The molecular weight excluding hydrogens is 348 g/mol. The van der Waals surface area contributed by atoms with Crippen LogP contribution in [0.4, 0.5) is 0 Å². The van der Waals surface area contributed by atoms with Gasteiger partial charge >= 0.3 is 0 Å². The lowest BCUT2D eigenvalue weighted by atomic mass is 9.97. The van der Waals surface area contributed by atoms with Gasteiger partial charge in [0.2, 0.25) is 0 Å². The number of nitrogens with zero attached hydrogens (tertiary/aromatic N) is 1. The number of aryl methyl sites for hydroxylation is 1. The first kappa shape index (κ1) is 16.5. The molecule has 1 aromatic heterocycles. The molecule has 4 heteroatoms. The van der Waals surface area contributed by atoms with Crippen molar-refractivity contribution in [2.24, 2.45) is 0 Å². The van der Waals surface area contributed by atoms with Crippen molar-refractivity contribution >= 4 is 27.5 Å². The van der Waals surface area contributed by atoms with Crippen LogP contribution in [-0.4, -0.2) is 11.5 Å². The van der Waals surface area contributed by atoms with E-state index in [4.69, 9.17) is 11.6 Å². The van der Waals surface area contributed by atoms with Gasteiger partial charge in [0, 0.05) is 33.8 Å². The number of nitrogens with one attached hydrogen (secondary N) is 1. The second-order valence-corrected chi connectivity index (χ2v) is 6.53. The third-order valence-corrected chi connectivity index (χ3v) is 4.15. The summed E-state index contributed by atoms with van der Waals surface area (Å²) in [7, 11) is 0. The maximum atomic E-state index is 6.07. The van der Waals surface area contributed by atoms with E-state index in [9.17, 15) is 0 Å². The van der Waals surface area contributed by atoms with Crippen molar-refractivity contribution in [2.75, 3.05) is 6.54 Å². The van der Waals surface area contributed by atoms with E-state index in [0.29, 0.717) is 0 Å². The highest BCUT2D eigenvalue weighted by molar-refractivity contribution is 9.10. The third-order valence-electron chi connectivity index (χ3n) is 3.45. The fourth-order valence-corrected chi connectivity index (χ4v) is 2.84. The predicted octanol–water partition coefficient (Wildman–Crippen LogP) is 5.09. The third kappa shape index (κ3) is 4.80. The summed E-state index contributed by atoms with van der Waals surface area (Å²) >= 11 is 9.49. The molecule has 21 heavy (non-hydrogen) atoms. The SMILES string of the molecule is CCCNC(Cc1ccc(Br)cn1)c1ccc(Cl)cc1C. The molecule has 112 valence electrons. The Morgan fingerprint density at radius 2 is 2.10 bits per heavy atom. The zero-order valence-electron chi connectivity index (χ0n) is 12.4. The van der Waals surface area contributed by atoms with Crippen LogP contribution in [0.25, 0.3) is 0 Å². The maximum absolute atomic E-state index is 6.07. The normalized spacial score (nSPS) is 12.4. The Hall–Kier alpha value is -0.900. The van der Waals surface area contributed by atoms with Crippen LogP contribution in [-0.2, 0) is 6.42 Å². The number of aromatic nitrogens is 1. The van der Waals surface area contributed by atoms with Crippen LogP contribution in [0.1, 0.15) is 36.2 Å². The maximum Gasteiger partial charge on any atom is 0.0423 e. The summed E-state index contributed by atoms with van der Waals surface area (Å²) in [5, 5.41) is 4.40. The van der Waals surface area contributed by atoms with Gasteiger partial charge in [0.1, 0.15) is 0 Å². The average Bonchev–Trinajstić information content (AvgIpc) is 2.46. The van der Waals surface area contributed by atoms with Gasteiger partial charge in [-0.2, -0.15) is 0 Å². The molecule has 0 aliphatic heterocycles. The minimum Gasteiger partial charge on any atom is -0.310 e. The zero-order chi connectivity index (χ0) is 15.2. The van der Waals surface area contributed by atoms with Crippen molar-refractivity contribution in [1.82, 2.24) is 10.3 Å². The van der Waals surface area contributed by atoms with Crippen LogP contribution in [0.3, 0.4) is 0 Å². The molecule has 2 aromatic rings. The standard InChI is InChI=1S/C17H20BrClN2/c1-3-8-20-17(10-15-6-4-13(18)11-21-15)16-7-5-14(19)9-12(16)2/h4-7,9,11,17,20H,3,8,10H2,1-2H3. The number of hydrogen-bond acceptors (Lipinski definition) is 2. The Balaban J connectivity index is 2.22. The molecule has 1 aromatic carbocycles. The van der Waals surface area contributed by atoms with Gasteiger partial charge in [0.25, 0.3) is 0 Å². The molecule has 0 saturated heterocycles. The van der Waals surface area contributed by atoms with E-state index in [1.165, 1.54) is 11.1 Å². The van der Waals surface area contributed by atoms with Crippen LogP contribution in [0.15, 0.2) is 41.0 Å². The zero-order valence-corrected chi connectivity index (χ0v) is 14.7. The van der Waals surface area contributed by atoms with Crippen LogP contribution in [0.2, 0.25) is 5.02 Å². The summed E-state index contributed by atoms with van der Waals surface area (Å²) in [6.07, 6.45) is 3.83. The highest BCUT2D eigenvalue weighted by atomic mass is 79.9. The Bertz CT molecular complexity index is 584. The molecule has 0 spiro atoms. The van der Waals surface area contributed by atoms with Crippen molar-refractivity contribution in [3.8, 4) is 0 Å². The van der Waals surface area contributed by atoms with Crippen molar-refractivity contribution in [3.05, 3.63) is 62.8 Å². The lowest BCUT2D eigenvalue weighted by Crippen LogP contribution is -2.25. The lowest BCUT2D eigenvalue weighted by Gasteiger charge is -2.21. The second-order valence-electron chi connectivity index (χ2n) is 5.18. The van der Waals surface area contributed by atoms with Crippen LogP contribution in [0.5, 0.6) is 0 Å². The van der Waals surface area contributed by atoms with Crippen molar-refractivity contribution in [3.63, 3.8) is 0 Å². The molecule has 1 unspecified atom stereocenters. The average molecular weight is 368 g/mol. The summed E-state index contributed by atoms with van der Waals surface area (Å²) in [6, 6.07) is 10.5. The van der Waals surface area contributed by atoms with E-state index in [2.05, 4.69) is 52.2 Å². The van der Waals surface area contributed by atoms with E-state index < -0.39 is 0 Å². The molecule has 0 aliphatic rings. The molecule has 0 bridgehead atoms. The number of rotatable bonds is 6. The molecule has 0 fully saturated rings. The molecule has 0 radical (unpaired) electrons. The summed E-state index contributed by atoms with van der Waals surface area (Å²) < 4.78 is 1.01. The Morgan fingerprint density at radius 1 is 1.29 bits per heavy atom. The highest BCUT2D eigenvalue weighted by Gasteiger charge is 2.14. The van der Waals surface area contributed by atoms with Crippen molar-refractivity contribution in [1.29, 1.82) is 0 Å². The van der Waals surface area contributed by atoms with Crippen molar-refractivity contribution in [2.45, 2.75) is 32.7 Å². The second kappa shape index (κ2) is 7.92. The van der Waals surface area contributed by atoms with Gasteiger partial charge in [-0.1, -0.05) is 24.6 Å². The number of hydrogen-bond donors (Lipinski definition) is 1. The van der Waals surface area contributed by atoms with E-state index in [0.717, 1.165) is 34.6 Å². The topological polar surface area (TPSA) is 24.9 Å². The predicted molar refractivity (Wildman–Crippen MR) is 92.9 cm³/mol. The van der Waals surface area contributed by atoms with E-state index in [1.54, 1.807) is 0 Å². The Morgan fingerprint density at radius 3 is 2.71 bits per heavy atom. The van der Waals surface area contributed by atoms with Crippen molar-refractivity contribution < 1.29 is 0 Å².